The molecular weight excluding hydrogens is 996 g/mol. The van der Waals surface area contributed by atoms with Gasteiger partial charge in [0.25, 0.3) is 0 Å². The van der Waals surface area contributed by atoms with Gasteiger partial charge in [-0.25, -0.2) is 9.59 Å². The number of carbonyl (C=O) groups is 6. The van der Waals surface area contributed by atoms with Crippen LogP contribution in [0.5, 0.6) is 0 Å². The van der Waals surface area contributed by atoms with Crippen molar-refractivity contribution in [1.82, 2.24) is 30.7 Å². The topological polar surface area (TPSA) is 191 Å². The molecule has 6 amide bonds. The Balaban J connectivity index is 0.000000219. The van der Waals surface area contributed by atoms with Crippen molar-refractivity contribution in [3.8, 4) is 0 Å². The summed E-state index contributed by atoms with van der Waals surface area (Å²) in [5, 5.41) is 16.2. The monoisotopic (exact) mass is 1070 g/mol. The van der Waals surface area contributed by atoms with E-state index in [9.17, 15) is 28.8 Å². The first-order chi connectivity index (χ1) is 35.4. The minimum absolute atomic E-state index is 0.210. The van der Waals surface area contributed by atoms with Gasteiger partial charge in [0.15, 0.2) is 0 Å². The zero-order valence-corrected chi connectivity index (χ0v) is 46.1. The molecule has 0 aromatic heterocycles. The van der Waals surface area contributed by atoms with E-state index in [-0.39, 0.29) is 75.5 Å². The molecule has 4 aliphatic rings. The zero-order valence-electron chi connectivity index (χ0n) is 44.6. The summed E-state index contributed by atoms with van der Waals surface area (Å²) in [5.74, 6) is -1.15. The Labute approximate surface area is 450 Å². The van der Waals surface area contributed by atoms with E-state index in [1.54, 1.807) is 21.9 Å². The van der Waals surface area contributed by atoms with Gasteiger partial charge in [0.1, 0.15) is 22.3 Å². The highest BCUT2D eigenvalue weighted by Gasteiger charge is 2.47. The first-order valence-corrected chi connectivity index (χ1v) is 26.4. The second-order valence-electron chi connectivity index (χ2n) is 22.2. The van der Waals surface area contributed by atoms with Crippen molar-refractivity contribution < 1.29 is 38.2 Å². The highest BCUT2D eigenvalue weighted by molar-refractivity contribution is 6.35. The average molecular weight is 1070 g/mol. The predicted molar refractivity (Wildman–Crippen MR) is 292 cm³/mol. The minimum atomic E-state index is -1.21. The Kier molecular flexibility index (Phi) is 17.6. The van der Waals surface area contributed by atoms with E-state index in [1.165, 1.54) is 11.1 Å². The maximum atomic E-state index is 13.8. The lowest BCUT2D eigenvalue weighted by Gasteiger charge is -2.43. The normalized spacial score (nSPS) is 19.1. The fourth-order valence-electron chi connectivity index (χ4n) is 9.81. The van der Waals surface area contributed by atoms with Gasteiger partial charge in [-0.15, -0.1) is 0 Å². The van der Waals surface area contributed by atoms with Gasteiger partial charge in [0.2, 0.25) is 23.6 Å². The van der Waals surface area contributed by atoms with E-state index in [2.05, 4.69) is 32.7 Å². The molecule has 5 N–H and O–H groups in total. The number of aryl methyl sites for hydroxylation is 2. The van der Waals surface area contributed by atoms with Crippen molar-refractivity contribution in [3.63, 3.8) is 0 Å². The molecule has 4 aromatic carbocycles. The van der Waals surface area contributed by atoms with Crippen LogP contribution in [0.25, 0.3) is 0 Å². The highest BCUT2D eigenvalue weighted by Crippen LogP contribution is 2.33. The summed E-state index contributed by atoms with van der Waals surface area (Å²) in [5.41, 5.74) is 3.60. The van der Waals surface area contributed by atoms with Gasteiger partial charge < -0.3 is 45.9 Å². The number of carbonyl (C=O) groups excluding carboxylic acids is 6. The lowest BCUT2D eigenvalue weighted by atomic mass is 9.85. The van der Waals surface area contributed by atoms with Gasteiger partial charge in [-0.1, -0.05) is 96.0 Å². The molecule has 0 unspecified atom stereocenters. The van der Waals surface area contributed by atoms with Crippen molar-refractivity contribution in [1.29, 1.82) is 0 Å². The number of rotatable bonds is 8. The average Bonchev–Trinajstić information content (AvgIpc) is 3.35. The van der Waals surface area contributed by atoms with E-state index in [0.29, 0.717) is 47.4 Å². The Morgan fingerprint density at radius 2 is 0.987 bits per heavy atom. The van der Waals surface area contributed by atoms with Crippen LogP contribution in [0.4, 0.5) is 21.0 Å². The number of likely N-dealkylation sites (tertiary alicyclic amines) is 2. The van der Waals surface area contributed by atoms with Crippen LogP contribution in [-0.4, -0.2) is 118 Å². The number of hydrogen-bond acceptors (Lipinski definition) is 10. The van der Waals surface area contributed by atoms with Crippen LogP contribution in [0, 0.1) is 13.8 Å². The molecule has 18 heteroatoms. The van der Waals surface area contributed by atoms with Crippen LogP contribution in [0.15, 0.2) is 84.9 Å². The predicted octanol–water partition coefficient (Wildman–Crippen LogP) is 8.72. The van der Waals surface area contributed by atoms with Gasteiger partial charge in [-0.3, -0.25) is 24.1 Å². The summed E-state index contributed by atoms with van der Waals surface area (Å²) in [7, 11) is 1.92. The molecule has 75 heavy (non-hydrogen) atoms. The Bertz CT molecular complexity index is 2780. The van der Waals surface area contributed by atoms with E-state index >= 15 is 0 Å². The molecule has 0 bridgehead atoms. The molecule has 2 fully saturated rings. The van der Waals surface area contributed by atoms with Crippen molar-refractivity contribution in [3.05, 3.63) is 128 Å². The number of halogens is 2. The molecule has 8 rings (SSSR count). The van der Waals surface area contributed by atoms with Gasteiger partial charge in [-0.05, 0) is 146 Å². The Morgan fingerprint density at radius 3 is 1.44 bits per heavy atom. The molecule has 0 radical (unpaired) electrons. The lowest BCUT2D eigenvalue weighted by Crippen LogP contribution is -2.65. The quantitative estimate of drug-likeness (QED) is 0.114. The number of anilines is 2. The number of nitrogens with zero attached hydrogens (tertiary/aromatic N) is 3. The lowest BCUT2D eigenvalue weighted by molar-refractivity contribution is -0.135. The second kappa shape index (κ2) is 23.4. The molecule has 2 atom stereocenters. The Hall–Kier alpha value is -6.20. The highest BCUT2D eigenvalue weighted by atomic mass is 35.5. The molecule has 402 valence electrons. The number of benzene rings is 4. The van der Waals surface area contributed by atoms with Gasteiger partial charge >= 0.3 is 12.2 Å². The molecule has 0 aliphatic carbocycles. The third-order valence-corrected chi connectivity index (χ3v) is 15.2. The first-order valence-electron chi connectivity index (χ1n) is 25.7. The van der Waals surface area contributed by atoms with E-state index < -0.39 is 46.6 Å². The molecule has 4 aliphatic heterocycles. The molecular formula is C57H72Cl2N8O8. The number of fused-ring (bicyclic) bond motifs is 2. The third kappa shape index (κ3) is 14.0. The van der Waals surface area contributed by atoms with Crippen molar-refractivity contribution in [2.24, 2.45) is 0 Å². The summed E-state index contributed by atoms with van der Waals surface area (Å²) in [6.07, 6.45) is 1.23. The number of piperidine rings is 2. The molecule has 0 spiro atoms. The van der Waals surface area contributed by atoms with Crippen LogP contribution in [0.3, 0.4) is 0 Å². The fourth-order valence-corrected chi connectivity index (χ4v) is 10.2. The summed E-state index contributed by atoms with van der Waals surface area (Å²) in [6, 6.07) is 26.1. The maximum absolute atomic E-state index is 13.8. The van der Waals surface area contributed by atoms with Crippen LogP contribution in [0.2, 0.25) is 10.0 Å². The molecule has 4 aromatic rings. The minimum Gasteiger partial charge on any atom is -0.444 e. The van der Waals surface area contributed by atoms with Crippen LogP contribution in [-0.2, 0) is 54.6 Å². The standard InChI is InChI=1S/C29H37ClN4O4.C28H35ClN4O4/c1-19-9-8-12-22(24(19)30)31-26(36)29(13-15-34(16-14-29)27(37)38-28(2,3)4)32-25(35)23-17-20-10-6-7-11-21(20)18-33(23)5;1-18-8-7-11-21(23(18)29)31-25(35)28(12-14-33(15-13-28)26(36)37-27(2,3)4)32-24(34)22-16-19-9-5-6-10-20(19)17-30-22/h6-12,23H,13-18H2,1-5H3,(H,31,36)(H,32,35);5-11,22,30H,12-17H2,1-4H3,(H,31,35)(H,32,34)/t23-;22-/m00/s1. The van der Waals surface area contributed by atoms with Crippen molar-refractivity contribution in [2.45, 2.75) is 141 Å². The van der Waals surface area contributed by atoms with Crippen LogP contribution >= 0.6 is 23.2 Å². The molecule has 4 heterocycles. The van der Waals surface area contributed by atoms with Gasteiger partial charge in [0.05, 0.1) is 33.5 Å². The molecule has 2 saturated heterocycles. The number of nitrogens with one attached hydrogen (secondary N) is 5. The number of amides is 6. The van der Waals surface area contributed by atoms with Crippen LogP contribution in [0.1, 0.15) is 101 Å². The number of likely N-dealkylation sites (N-methyl/N-ethyl adjacent to an activating group) is 1. The van der Waals surface area contributed by atoms with E-state index in [0.717, 1.165) is 22.3 Å². The van der Waals surface area contributed by atoms with E-state index in [4.69, 9.17) is 32.7 Å². The first kappa shape index (κ1) is 56.5. The SMILES string of the molecule is Cc1cccc(NC(=O)C2(NC(=O)[C@@H]3Cc4ccccc4CN3)CCN(C(=O)OC(C)(C)C)CC2)c1Cl.Cc1cccc(NC(=O)C2(NC(=O)[C@@H]3Cc4ccccc4CN3C)CCN(C(=O)OC(C)(C)C)CC2)c1Cl. The number of ether oxygens (including phenoxy) is 2. The summed E-state index contributed by atoms with van der Waals surface area (Å²) >= 11 is 12.9. The van der Waals surface area contributed by atoms with Gasteiger partial charge in [0, 0.05) is 39.3 Å². The summed E-state index contributed by atoms with van der Waals surface area (Å²) < 4.78 is 11.0. The number of hydrogen-bond donors (Lipinski definition) is 5. The summed E-state index contributed by atoms with van der Waals surface area (Å²) in [6.45, 7) is 16.9. The molecule has 16 nitrogen and oxygen atoms in total. The largest absolute Gasteiger partial charge is 0.444 e. The maximum Gasteiger partial charge on any atom is 0.410 e. The zero-order chi connectivity index (χ0) is 54.5. The van der Waals surface area contributed by atoms with Crippen molar-refractivity contribution >= 4 is 70.4 Å². The molecule has 0 saturated carbocycles. The Morgan fingerprint density at radius 1 is 0.573 bits per heavy atom. The fraction of sp³-hybridized carbons (Fsp3) is 0.474. The smallest absolute Gasteiger partial charge is 0.410 e. The van der Waals surface area contributed by atoms with E-state index in [1.807, 2.05) is 134 Å². The van der Waals surface area contributed by atoms with Gasteiger partial charge in [-0.2, -0.15) is 0 Å². The van der Waals surface area contributed by atoms with Crippen molar-refractivity contribution in [2.75, 3.05) is 43.9 Å². The third-order valence-electron chi connectivity index (χ3n) is 14.2. The van der Waals surface area contributed by atoms with Crippen LogP contribution < -0.4 is 26.6 Å². The summed E-state index contributed by atoms with van der Waals surface area (Å²) in [4.78, 5) is 85.3. The second-order valence-corrected chi connectivity index (χ2v) is 22.9.